The summed E-state index contributed by atoms with van der Waals surface area (Å²) in [6, 6.07) is 2.12. The van der Waals surface area contributed by atoms with Crippen LogP contribution in [-0.4, -0.2) is 57.6 Å². The van der Waals surface area contributed by atoms with Crippen LogP contribution < -0.4 is 10.2 Å². The van der Waals surface area contributed by atoms with E-state index in [4.69, 9.17) is 10.2 Å². The van der Waals surface area contributed by atoms with E-state index < -0.39 is 59.4 Å². The van der Waals surface area contributed by atoms with E-state index in [0.29, 0.717) is 0 Å². The molecule has 4 N–H and O–H groups in total. The number of nitrogens with zero attached hydrogens (tertiary/aromatic N) is 1. The second kappa shape index (κ2) is 8.79. The highest BCUT2D eigenvalue weighted by atomic mass is 16.4. The predicted octanol–water partition coefficient (Wildman–Crippen LogP) is 0.661. The molecule has 1 aromatic carbocycles. The Labute approximate surface area is 154 Å². The van der Waals surface area contributed by atoms with Gasteiger partial charge in [-0.05, 0) is 24.1 Å². The number of aliphatic carboxylic acids is 1. The third-order valence-corrected chi connectivity index (χ3v) is 3.67. The molecule has 10 nitrogen and oxygen atoms in total. The first-order chi connectivity index (χ1) is 12.5. The van der Waals surface area contributed by atoms with Gasteiger partial charge in [0, 0.05) is 12.6 Å². The van der Waals surface area contributed by atoms with Crippen LogP contribution in [0.5, 0.6) is 0 Å². The molecule has 1 atom stereocenters. The van der Waals surface area contributed by atoms with Gasteiger partial charge in [0.25, 0.3) is 0 Å². The normalized spacial score (nSPS) is 11.6. The Morgan fingerprint density at radius 1 is 1.00 bits per heavy atom. The standard InChI is InChI=1S/C17H20N2O8/c1-8(2)14(15(23)18-7-13(21)22)19(9(3)20)10-4-5-11(16(24)25)12(6-10)17(26)27/h4-6,8,14H,7H2,1-3H3,(H,18,23)(H,21,22)(H,24,25)(H,26,27). The maximum absolute atomic E-state index is 12.4. The number of carbonyl (C=O) groups is 5. The summed E-state index contributed by atoms with van der Waals surface area (Å²) in [5.41, 5.74) is -1.00. The average Bonchev–Trinajstić information content (AvgIpc) is 2.55. The SMILES string of the molecule is CC(=O)N(c1ccc(C(=O)O)c(C(=O)O)c1)C(C(=O)NCC(=O)O)C(C)C. The number of rotatable bonds is 8. The van der Waals surface area contributed by atoms with Gasteiger partial charge in [-0.15, -0.1) is 0 Å². The van der Waals surface area contributed by atoms with Crippen LogP contribution in [0.2, 0.25) is 0 Å². The van der Waals surface area contributed by atoms with Crippen molar-refractivity contribution >= 4 is 35.4 Å². The molecule has 1 unspecified atom stereocenters. The Balaban J connectivity index is 3.45. The Hall–Kier alpha value is -3.43. The molecule has 0 bridgehead atoms. The number of benzene rings is 1. The van der Waals surface area contributed by atoms with E-state index in [2.05, 4.69) is 5.32 Å². The van der Waals surface area contributed by atoms with Gasteiger partial charge in [-0.2, -0.15) is 0 Å². The summed E-state index contributed by atoms with van der Waals surface area (Å²) >= 11 is 0. The first-order valence-corrected chi connectivity index (χ1v) is 7.87. The summed E-state index contributed by atoms with van der Waals surface area (Å²) in [5, 5.41) is 29.3. The Morgan fingerprint density at radius 2 is 1.56 bits per heavy atom. The van der Waals surface area contributed by atoms with E-state index in [1.165, 1.54) is 6.07 Å². The van der Waals surface area contributed by atoms with E-state index in [0.717, 1.165) is 24.0 Å². The van der Waals surface area contributed by atoms with Crippen LogP contribution in [-0.2, 0) is 14.4 Å². The van der Waals surface area contributed by atoms with E-state index in [1.54, 1.807) is 13.8 Å². The topological polar surface area (TPSA) is 161 Å². The van der Waals surface area contributed by atoms with Crippen molar-refractivity contribution in [3.05, 3.63) is 29.3 Å². The van der Waals surface area contributed by atoms with Gasteiger partial charge < -0.3 is 20.6 Å². The quantitative estimate of drug-likeness (QED) is 0.511. The Bertz CT molecular complexity index is 787. The van der Waals surface area contributed by atoms with E-state index >= 15 is 0 Å². The molecule has 0 aromatic heterocycles. The smallest absolute Gasteiger partial charge is 0.336 e. The van der Waals surface area contributed by atoms with Crippen molar-refractivity contribution in [3.8, 4) is 0 Å². The number of anilines is 1. The number of carboxylic acids is 3. The molecule has 0 saturated heterocycles. The Morgan fingerprint density at radius 3 is 1.96 bits per heavy atom. The van der Waals surface area contributed by atoms with Crippen molar-refractivity contribution in [1.29, 1.82) is 0 Å². The van der Waals surface area contributed by atoms with Crippen molar-refractivity contribution in [1.82, 2.24) is 5.32 Å². The molecule has 0 aliphatic rings. The van der Waals surface area contributed by atoms with Gasteiger partial charge in [0.15, 0.2) is 0 Å². The van der Waals surface area contributed by atoms with Gasteiger partial charge in [0.1, 0.15) is 12.6 Å². The van der Waals surface area contributed by atoms with Crippen molar-refractivity contribution in [2.75, 3.05) is 11.4 Å². The molecule has 0 aliphatic carbocycles. The first-order valence-electron chi connectivity index (χ1n) is 7.87. The molecular formula is C17H20N2O8. The number of nitrogens with one attached hydrogen (secondary N) is 1. The number of hydrogen-bond donors (Lipinski definition) is 4. The maximum Gasteiger partial charge on any atom is 0.336 e. The highest BCUT2D eigenvalue weighted by Gasteiger charge is 2.33. The average molecular weight is 380 g/mol. The molecule has 146 valence electrons. The molecule has 0 fully saturated rings. The van der Waals surface area contributed by atoms with Crippen molar-refractivity contribution in [2.45, 2.75) is 26.8 Å². The first kappa shape index (κ1) is 21.6. The highest BCUT2D eigenvalue weighted by molar-refractivity contribution is 6.05. The van der Waals surface area contributed by atoms with Gasteiger partial charge in [-0.3, -0.25) is 19.3 Å². The molecule has 0 saturated carbocycles. The van der Waals surface area contributed by atoms with E-state index in [9.17, 15) is 29.1 Å². The van der Waals surface area contributed by atoms with Crippen LogP contribution >= 0.6 is 0 Å². The summed E-state index contributed by atoms with van der Waals surface area (Å²) in [6.07, 6.45) is 0. The van der Waals surface area contributed by atoms with Gasteiger partial charge in [-0.1, -0.05) is 13.8 Å². The van der Waals surface area contributed by atoms with Gasteiger partial charge in [0.05, 0.1) is 11.1 Å². The third kappa shape index (κ3) is 5.27. The molecule has 1 rings (SSSR count). The number of carbonyl (C=O) groups excluding carboxylic acids is 2. The highest BCUT2D eigenvalue weighted by Crippen LogP contribution is 2.25. The van der Waals surface area contributed by atoms with Crippen LogP contribution in [0, 0.1) is 5.92 Å². The fraction of sp³-hybridized carbons (Fsp3) is 0.353. The summed E-state index contributed by atoms with van der Waals surface area (Å²) < 4.78 is 0. The summed E-state index contributed by atoms with van der Waals surface area (Å²) in [7, 11) is 0. The van der Waals surface area contributed by atoms with Gasteiger partial charge >= 0.3 is 17.9 Å². The number of amides is 2. The molecule has 0 radical (unpaired) electrons. The lowest BCUT2D eigenvalue weighted by molar-refractivity contribution is -0.138. The second-order valence-corrected chi connectivity index (χ2v) is 6.03. The summed E-state index contributed by atoms with van der Waals surface area (Å²) in [5.74, 6) is -6.00. The molecule has 27 heavy (non-hydrogen) atoms. The summed E-state index contributed by atoms with van der Waals surface area (Å²) in [6.45, 7) is 3.77. The fourth-order valence-corrected chi connectivity index (χ4v) is 2.57. The maximum atomic E-state index is 12.4. The molecule has 0 aliphatic heterocycles. The molecule has 1 aromatic rings. The predicted molar refractivity (Wildman–Crippen MR) is 92.8 cm³/mol. The minimum Gasteiger partial charge on any atom is -0.480 e. The lowest BCUT2D eigenvalue weighted by Gasteiger charge is -2.33. The lowest BCUT2D eigenvalue weighted by Crippen LogP contribution is -2.53. The zero-order chi connectivity index (χ0) is 20.9. The fourth-order valence-electron chi connectivity index (χ4n) is 2.57. The third-order valence-electron chi connectivity index (χ3n) is 3.67. The minimum absolute atomic E-state index is 0.00840. The second-order valence-electron chi connectivity index (χ2n) is 6.03. The minimum atomic E-state index is -1.51. The van der Waals surface area contributed by atoms with Gasteiger partial charge in [0.2, 0.25) is 11.8 Å². The number of carboxylic acid groups (broad SMARTS) is 3. The molecule has 0 heterocycles. The summed E-state index contributed by atoms with van der Waals surface area (Å²) in [4.78, 5) is 58.9. The largest absolute Gasteiger partial charge is 0.480 e. The van der Waals surface area contributed by atoms with E-state index in [1.807, 2.05) is 0 Å². The number of aromatic carboxylic acids is 2. The Kier molecular flexibility index (Phi) is 7.03. The molecular weight excluding hydrogens is 360 g/mol. The zero-order valence-electron chi connectivity index (χ0n) is 14.9. The van der Waals surface area contributed by atoms with Crippen molar-refractivity contribution in [3.63, 3.8) is 0 Å². The van der Waals surface area contributed by atoms with Crippen LogP contribution in [0.25, 0.3) is 0 Å². The molecule has 2 amide bonds. The lowest BCUT2D eigenvalue weighted by atomic mass is 9.99. The van der Waals surface area contributed by atoms with Crippen LogP contribution in [0.1, 0.15) is 41.5 Å². The van der Waals surface area contributed by atoms with Gasteiger partial charge in [-0.25, -0.2) is 9.59 Å². The number of hydrogen-bond acceptors (Lipinski definition) is 5. The molecule has 10 heteroatoms. The van der Waals surface area contributed by atoms with Crippen molar-refractivity contribution in [2.24, 2.45) is 5.92 Å². The van der Waals surface area contributed by atoms with Crippen LogP contribution in [0.15, 0.2) is 18.2 Å². The molecule has 0 spiro atoms. The van der Waals surface area contributed by atoms with E-state index in [-0.39, 0.29) is 5.69 Å². The van der Waals surface area contributed by atoms with Crippen LogP contribution in [0.3, 0.4) is 0 Å². The van der Waals surface area contributed by atoms with Crippen LogP contribution in [0.4, 0.5) is 5.69 Å². The monoisotopic (exact) mass is 380 g/mol. The van der Waals surface area contributed by atoms with Crippen molar-refractivity contribution < 1.29 is 39.3 Å². The zero-order valence-corrected chi connectivity index (χ0v) is 14.9.